The molecule has 213 valence electrons. The maximum Gasteiger partial charge on any atom is 3.00 e. The van der Waals surface area contributed by atoms with Crippen LogP contribution in [0, 0.1) is 0 Å². The number of hydrogen-bond acceptors (Lipinski definition) is 0. The number of halogens is 8. The van der Waals surface area contributed by atoms with E-state index >= 15 is 0 Å². The summed E-state index contributed by atoms with van der Waals surface area (Å²) >= 11 is 0. The molecular weight excluding hydrogens is 672 g/mol. The molecule has 0 bridgehead atoms. The van der Waals surface area contributed by atoms with Crippen LogP contribution in [0.1, 0.15) is 46.2 Å². The number of allylic oxidation sites excluding steroid dienone is 1. The van der Waals surface area contributed by atoms with Crippen molar-refractivity contribution in [3.05, 3.63) is 137 Å². The second kappa shape index (κ2) is 12.5. The quantitative estimate of drug-likeness (QED) is 0.195. The molecule has 1 aliphatic carbocycles. The van der Waals surface area contributed by atoms with Crippen molar-refractivity contribution in [2.75, 3.05) is 0 Å². The molecule has 0 heterocycles. The van der Waals surface area contributed by atoms with Crippen molar-refractivity contribution in [3.8, 4) is 11.1 Å². The van der Waals surface area contributed by atoms with Crippen LogP contribution in [0.5, 0.6) is 0 Å². The Hall–Kier alpha value is -2.73. The van der Waals surface area contributed by atoms with Crippen LogP contribution in [0.25, 0.3) is 33.0 Å². The molecule has 0 aromatic heterocycles. The molecule has 1 atom stereocenters. The Morgan fingerprint density at radius 3 is 1.81 bits per heavy atom. The first-order valence-corrected chi connectivity index (χ1v) is 12.4. The third-order valence-corrected chi connectivity index (χ3v) is 7.43. The molecule has 1 radical (unpaired) electrons. The Labute approximate surface area is 270 Å². The van der Waals surface area contributed by atoms with Gasteiger partial charge in [0.25, 0.3) is 0 Å². The first kappa shape index (κ1) is 33.8. The normalized spacial score (nSPS) is 14.6. The molecule has 0 spiro atoms. The molecule has 0 N–H and O–H groups in total. The molecule has 9 heteroatoms. The Bertz CT molecular complexity index is 1720. The molecule has 0 nitrogen and oxygen atoms in total. The molecule has 5 aromatic rings. The minimum Gasteiger partial charge on any atom is -1.00 e. The maximum atomic E-state index is 13.9. The minimum absolute atomic E-state index is 0. The summed E-state index contributed by atoms with van der Waals surface area (Å²) in [4.78, 5) is 0. The van der Waals surface area contributed by atoms with Crippen LogP contribution >= 0.6 is 0 Å². The van der Waals surface area contributed by atoms with Gasteiger partial charge >= 0.3 is 38.6 Å². The molecule has 42 heavy (non-hydrogen) atoms. The van der Waals surface area contributed by atoms with Crippen LogP contribution < -0.4 is 24.8 Å². The second-order valence-corrected chi connectivity index (χ2v) is 9.78. The predicted octanol–water partition coefficient (Wildman–Crippen LogP) is 4.35. The number of hydrogen-bond donors (Lipinski definition) is 0. The van der Waals surface area contributed by atoms with Gasteiger partial charge in [0.15, 0.2) is 0 Å². The van der Waals surface area contributed by atoms with Crippen molar-refractivity contribution in [2.45, 2.75) is 25.2 Å². The number of fused-ring (bicyclic) bond motifs is 2. The summed E-state index contributed by atoms with van der Waals surface area (Å²) in [5.41, 5.74) is 2.62. The third-order valence-electron chi connectivity index (χ3n) is 7.43. The van der Waals surface area contributed by atoms with E-state index in [1.54, 1.807) is 0 Å². The van der Waals surface area contributed by atoms with Crippen LogP contribution in [-0.4, -0.2) is 0 Å². The van der Waals surface area contributed by atoms with Crippen molar-refractivity contribution in [2.24, 2.45) is 0 Å². The van der Waals surface area contributed by atoms with Gasteiger partial charge in [-0.2, -0.15) is 26.3 Å². The average molecular weight is 694 g/mol. The largest absolute Gasteiger partial charge is 3.00 e. The zero-order valence-corrected chi connectivity index (χ0v) is 25.9. The Kier molecular flexibility index (Phi) is 10.0. The smallest absolute Gasteiger partial charge is 1.00 e. The Balaban J connectivity index is 0.00000161. The van der Waals surface area contributed by atoms with Crippen LogP contribution in [-0.2, 0) is 38.6 Å². The Morgan fingerprint density at radius 1 is 0.643 bits per heavy atom. The number of rotatable bonds is 3. The Morgan fingerprint density at radius 2 is 1.19 bits per heavy atom. The standard InChI is InChI=1S/C33H21F6.2ClH.Zr/c1-19-25-12-7-8-14-27(25)31(29(19)22-15-23(32(34,35)36)18-24(16-22)33(37,38)39)30-26-13-6-5-11-21(26)17-28(30)20-9-3-2-4-10-20;;;/h2-19H,1H3;2*1H;/q-1;;;+3/p-2. The third kappa shape index (κ3) is 5.89. The summed E-state index contributed by atoms with van der Waals surface area (Å²) in [6.45, 7) is 1.84. The zero-order chi connectivity index (χ0) is 27.5. The van der Waals surface area contributed by atoms with Gasteiger partial charge in [-0.15, -0.1) is 34.0 Å². The second-order valence-electron chi connectivity index (χ2n) is 9.78. The van der Waals surface area contributed by atoms with E-state index in [4.69, 9.17) is 0 Å². The van der Waals surface area contributed by atoms with Crippen molar-refractivity contribution in [1.29, 1.82) is 0 Å². The van der Waals surface area contributed by atoms with E-state index in [2.05, 4.69) is 0 Å². The molecule has 6 rings (SSSR count). The average Bonchev–Trinajstić information content (AvgIpc) is 3.43. The summed E-state index contributed by atoms with van der Waals surface area (Å²) in [6, 6.07) is 28.7. The molecule has 0 amide bonds. The SMILES string of the molecule is CC1C(c2cc(C(F)(F)F)cc(C(F)(F)F)c2)=C(c2c(-c3ccccc3)[cH-]c3ccccc23)c2ccccc21.[Cl-].[Cl-].[Zr+3]. The summed E-state index contributed by atoms with van der Waals surface area (Å²) < 4.78 is 83.2. The van der Waals surface area contributed by atoms with Crippen molar-refractivity contribution in [1.82, 2.24) is 0 Å². The molecule has 0 saturated heterocycles. The van der Waals surface area contributed by atoms with Crippen LogP contribution in [0.4, 0.5) is 26.3 Å². The van der Waals surface area contributed by atoms with Gasteiger partial charge in [-0.1, -0.05) is 85.3 Å². The van der Waals surface area contributed by atoms with Gasteiger partial charge in [0.1, 0.15) is 0 Å². The molecule has 0 saturated carbocycles. The van der Waals surface area contributed by atoms with Crippen molar-refractivity contribution >= 4 is 21.9 Å². The first-order valence-electron chi connectivity index (χ1n) is 12.4. The van der Waals surface area contributed by atoms with E-state index in [9.17, 15) is 26.3 Å². The molecular formula is C33H21Cl2F6Zr. The number of alkyl halides is 6. The monoisotopic (exact) mass is 691 g/mol. The fourth-order valence-corrected chi connectivity index (χ4v) is 5.73. The molecule has 1 aliphatic rings. The fraction of sp³-hybridized carbons (Fsp3) is 0.121. The first-order chi connectivity index (χ1) is 18.5. The van der Waals surface area contributed by atoms with Gasteiger partial charge in [-0.05, 0) is 46.0 Å². The zero-order valence-electron chi connectivity index (χ0n) is 21.9. The summed E-state index contributed by atoms with van der Waals surface area (Å²) in [5, 5.41) is 1.83. The molecule has 5 aromatic carbocycles. The fourth-order valence-electron chi connectivity index (χ4n) is 5.73. The summed E-state index contributed by atoms with van der Waals surface area (Å²) in [5.74, 6) is -0.432. The van der Waals surface area contributed by atoms with Crippen molar-refractivity contribution in [3.63, 3.8) is 0 Å². The van der Waals surface area contributed by atoms with E-state index in [-0.39, 0.29) is 62.6 Å². The maximum absolute atomic E-state index is 13.9. The van der Waals surface area contributed by atoms with E-state index in [0.29, 0.717) is 11.1 Å². The van der Waals surface area contributed by atoms with Crippen LogP contribution in [0.15, 0.2) is 103 Å². The molecule has 0 fully saturated rings. The topological polar surface area (TPSA) is 0 Å². The van der Waals surface area contributed by atoms with Crippen LogP contribution in [0.3, 0.4) is 0 Å². The van der Waals surface area contributed by atoms with Gasteiger partial charge in [0, 0.05) is 5.92 Å². The molecule has 0 aliphatic heterocycles. The summed E-state index contributed by atoms with van der Waals surface area (Å²) in [7, 11) is 0. The molecule has 1 unspecified atom stereocenters. The van der Waals surface area contributed by atoms with Gasteiger partial charge in [0.05, 0.1) is 11.1 Å². The summed E-state index contributed by atoms with van der Waals surface area (Å²) in [6.07, 6.45) is -9.87. The number of benzene rings is 4. The van der Waals surface area contributed by atoms with Gasteiger partial charge in [0.2, 0.25) is 0 Å². The predicted molar refractivity (Wildman–Crippen MR) is 142 cm³/mol. The van der Waals surface area contributed by atoms with E-state index in [0.717, 1.165) is 50.7 Å². The minimum atomic E-state index is -4.94. The van der Waals surface area contributed by atoms with E-state index in [1.165, 1.54) is 0 Å². The van der Waals surface area contributed by atoms with E-state index in [1.807, 2.05) is 91.9 Å². The van der Waals surface area contributed by atoms with Crippen LogP contribution in [0.2, 0.25) is 0 Å². The van der Waals surface area contributed by atoms with Gasteiger partial charge in [-0.3, -0.25) is 0 Å². The van der Waals surface area contributed by atoms with Gasteiger partial charge in [-0.25, -0.2) is 0 Å². The van der Waals surface area contributed by atoms with E-state index < -0.39 is 29.4 Å². The van der Waals surface area contributed by atoms with Gasteiger partial charge < -0.3 is 24.8 Å². The van der Waals surface area contributed by atoms with Crippen molar-refractivity contribution < 1.29 is 77.4 Å².